The van der Waals surface area contributed by atoms with Crippen molar-refractivity contribution in [2.75, 3.05) is 12.3 Å². The number of imidazole rings is 1. The summed E-state index contributed by atoms with van der Waals surface area (Å²) in [5.41, 5.74) is 4.53. The van der Waals surface area contributed by atoms with Gasteiger partial charge in [-0.2, -0.15) is 14.4 Å². The number of nitrogens with zero attached hydrogens (tertiary/aromatic N) is 4. The molecule has 210 valence electrons. The summed E-state index contributed by atoms with van der Waals surface area (Å²) in [6, 6.07) is 0. The van der Waals surface area contributed by atoms with Gasteiger partial charge in [-0.3, -0.25) is 9.36 Å². The number of halogens is 1. The van der Waals surface area contributed by atoms with Crippen molar-refractivity contribution in [1.29, 1.82) is 0 Å². The minimum Gasteiger partial charge on any atom is -0.461 e. The number of anilines is 1. The predicted molar refractivity (Wildman–Crippen MR) is 143 cm³/mol. The van der Waals surface area contributed by atoms with Crippen molar-refractivity contribution in [3.8, 4) is 12.3 Å². The molecule has 9 nitrogen and oxygen atoms in total. The first-order valence-corrected chi connectivity index (χ1v) is 14.0. The van der Waals surface area contributed by atoms with Crippen LogP contribution in [0.25, 0.3) is 11.2 Å². The third kappa shape index (κ3) is 8.11. The Morgan fingerprint density at radius 3 is 2.37 bits per heavy atom. The van der Waals surface area contributed by atoms with Gasteiger partial charge in [-0.1, -0.05) is 89.9 Å². The number of nitrogen functional groups attached to an aromatic ring is 1. The van der Waals surface area contributed by atoms with E-state index < -0.39 is 24.0 Å². The van der Waals surface area contributed by atoms with Crippen molar-refractivity contribution in [3.05, 3.63) is 12.4 Å². The lowest BCUT2D eigenvalue weighted by Crippen LogP contribution is -2.43. The number of terminal acetylenes is 1. The van der Waals surface area contributed by atoms with Crippen LogP contribution in [-0.2, 0) is 14.3 Å². The second-order valence-electron chi connectivity index (χ2n) is 10.2. The molecule has 0 amide bonds. The first kappa shape index (κ1) is 29.8. The highest BCUT2D eigenvalue weighted by molar-refractivity contribution is 5.81. The summed E-state index contributed by atoms with van der Waals surface area (Å²) in [6.07, 6.45) is 20.5. The Labute approximate surface area is 224 Å². The van der Waals surface area contributed by atoms with Crippen molar-refractivity contribution >= 4 is 23.0 Å². The number of hydrogen-bond donors (Lipinski definition) is 2. The van der Waals surface area contributed by atoms with Gasteiger partial charge in [0.05, 0.1) is 6.33 Å². The second-order valence-corrected chi connectivity index (χ2v) is 10.2. The van der Waals surface area contributed by atoms with Crippen LogP contribution in [0, 0.1) is 18.4 Å². The molecule has 1 aliphatic rings. The quantitative estimate of drug-likeness (QED) is 0.123. The van der Waals surface area contributed by atoms with E-state index in [4.69, 9.17) is 21.6 Å². The molecule has 10 heteroatoms. The zero-order valence-corrected chi connectivity index (χ0v) is 22.5. The highest BCUT2D eigenvalue weighted by atomic mass is 19.1. The van der Waals surface area contributed by atoms with Crippen LogP contribution in [0.15, 0.2) is 6.33 Å². The van der Waals surface area contributed by atoms with Crippen LogP contribution in [-0.4, -0.2) is 48.9 Å². The number of esters is 1. The van der Waals surface area contributed by atoms with Crippen molar-refractivity contribution < 1.29 is 23.8 Å². The van der Waals surface area contributed by atoms with Crippen molar-refractivity contribution in [3.63, 3.8) is 0 Å². The van der Waals surface area contributed by atoms with Gasteiger partial charge in [0.2, 0.25) is 0 Å². The number of rotatable bonds is 17. The van der Waals surface area contributed by atoms with Crippen LogP contribution in [0.1, 0.15) is 109 Å². The van der Waals surface area contributed by atoms with Crippen LogP contribution in [0.2, 0.25) is 0 Å². The van der Waals surface area contributed by atoms with Crippen LogP contribution < -0.4 is 5.73 Å². The zero-order chi connectivity index (χ0) is 27.4. The Bertz CT molecular complexity index is 1070. The predicted octanol–water partition coefficient (Wildman–Crippen LogP) is 5.22. The van der Waals surface area contributed by atoms with Crippen LogP contribution in [0.5, 0.6) is 0 Å². The molecule has 2 aromatic heterocycles. The number of nitrogens with two attached hydrogens (primary N) is 1. The van der Waals surface area contributed by atoms with Crippen molar-refractivity contribution in [2.45, 2.75) is 121 Å². The Balaban J connectivity index is 1.34. The molecule has 3 N–H and O–H groups in total. The van der Waals surface area contributed by atoms with E-state index in [0.29, 0.717) is 6.42 Å². The Morgan fingerprint density at radius 2 is 1.76 bits per heavy atom. The van der Waals surface area contributed by atoms with E-state index in [-0.39, 0.29) is 36.0 Å². The lowest BCUT2D eigenvalue weighted by atomic mass is 9.99. The van der Waals surface area contributed by atoms with E-state index in [2.05, 4.69) is 27.8 Å². The smallest absolute Gasteiger partial charge is 0.312 e. The van der Waals surface area contributed by atoms with Crippen molar-refractivity contribution in [1.82, 2.24) is 19.5 Å². The first-order chi connectivity index (χ1) is 18.4. The van der Waals surface area contributed by atoms with E-state index in [1.54, 1.807) is 0 Å². The van der Waals surface area contributed by atoms with E-state index >= 15 is 0 Å². The number of aliphatic hydroxyl groups is 1. The Hall–Kier alpha value is -2.77. The summed E-state index contributed by atoms with van der Waals surface area (Å²) < 4.78 is 26.5. The van der Waals surface area contributed by atoms with Gasteiger partial charge in [0, 0.05) is 12.8 Å². The molecule has 0 spiro atoms. The normalized spacial score (nSPS) is 21.1. The highest BCUT2D eigenvalue weighted by Gasteiger charge is 2.49. The number of carbonyl (C=O) groups is 1. The van der Waals surface area contributed by atoms with Gasteiger partial charge in [0.1, 0.15) is 18.9 Å². The van der Waals surface area contributed by atoms with E-state index in [1.165, 1.54) is 75.1 Å². The molecular weight excluding hydrogens is 489 g/mol. The first-order valence-electron chi connectivity index (χ1n) is 14.0. The SMILES string of the molecule is C#C[C@]1(COC(=O)CCCCCCCCCCCCCCC)O[C@@H](n2cnc3c(N)nc(F)nc32)C[C@@H]1O. The average molecular weight is 532 g/mol. The van der Waals surface area contributed by atoms with Gasteiger partial charge in [-0.05, 0) is 6.42 Å². The topological polar surface area (TPSA) is 125 Å². The van der Waals surface area contributed by atoms with Crippen molar-refractivity contribution in [2.24, 2.45) is 0 Å². The highest BCUT2D eigenvalue weighted by Crippen LogP contribution is 2.38. The zero-order valence-electron chi connectivity index (χ0n) is 22.5. The van der Waals surface area contributed by atoms with Crippen LogP contribution >= 0.6 is 0 Å². The molecule has 3 rings (SSSR count). The maximum absolute atomic E-state index is 13.7. The van der Waals surface area contributed by atoms with Gasteiger partial charge in [-0.25, -0.2) is 4.98 Å². The van der Waals surface area contributed by atoms with Gasteiger partial charge >= 0.3 is 12.0 Å². The Kier molecular flexibility index (Phi) is 11.7. The molecule has 3 atom stereocenters. The van der Waals surface area contributed by atoms with Gasteiger partial charge in [-0.15, -0.1) is 6.42 Å². The molecule has 0 aliphatic carbocycles. The maximum Gasteiger partial charge on any atom is 0.312 e. The van der Waals surface area contributed by atoms with Gasteiger partial charge in [0.15, 0.2) is 22.6 Å². The van der Waals surface area contributed by atoms with Gasteiger partial charge in [0.25, 0.3) is 0 Å². The third-order valence-electron chi connectivity index (χ3n) is 7.22. The van der Waals surface area contributed by atoms with Crippen LogP contribution in [0.4, 0.5) is 10.2 Å². The van der Waals surface area contributed by atoms with E-state index in [1.807, 2.05) is 0 Å². The minimum atomic E-state index is -1.52. The number of carbonyl (C=O) groups excluding carboxylic acids is 1. The average Bonchev–Trinajstić information content (AvgIpc) is 3.46. The maximum atomic E-state index is 13.7. The molecule has 3 heterocycles. The fourth-order valence-electron chi connectivity index (χ4n) is 4.89. The number of fused-ring (bicyclic) bond motifs is 1. The number of ether oxygens (including phenoxy) is 2. The number of aromatic nitrogens is 4. The summed E-state index contributed by atoms with van der Waals surface area (Å²) in [5, 5.41) is 10.7. The summed E-state index contributed by atoms with van der Waals surface area (Å²) in [4.78, 5) is 23.6. The molecule has 1 fully saturated rings. The molecule has 0 bridgehead atoms. The molecule has 0 aromatic carbocycles. The molecule has 2 aromatic rings. The van der Waals surface area contributed by atoms with Gasteiger partial charge < -0.3 is 20.3 Å². The fourth-order valence-corrected chi connectivity index (χ4v) is 4.89. The lowest BCUT2D eigenvalue weighted by molar-refractivity contribution is -0.156. The molecule has 1 saturated heterocycles. The fraction of sp³-hybridized carbons (Fsp3) is 0.714. The number of hydrogen-bond acceptors (Lipinski definition) is 8. The molecule has 0 unspecified atom stereocenters. The van der Waals surface area contributed by atoms with E-state index in [0.717, 1.165) is 19.3 Å². The second kappa shape index (κ2) is 15.0. The molecule has 0 radical (unpaired) electrons. The summed E-state index contributed by atoms with van der Waals surface area (Å²) >= 11 is 0. The monoisotopic (exact) mass is 531 g/mol. The summed E-state index contributed by atoms with van der Waals surface area (Å²) in [6.45, 7) is 1.96. The standard InChI is InChI=1S/C28H42FN5O4/c1-3-5-6-7-8-9-10-11-12-13-14-15-16-17-23(36)37-19-28(4-2)21(35)18-22(38-28)34-20-31-24-25(30)32-27(29)33-26(24)34/h2,20-22,35H,3,5-19H2,1H3,(H2,30,32,33)/t21-,22+,28+/m0/s1. The molecule has 38 heavy (non-hydrogen) atoms. The minimum absolute atomic E-state index is 0.0809. The molecule has 1 aliphatic heterocycles. The summed E-state index contributed by atoms with van der Waals surface area (Å²) in [5.74, 6) is 1.97. The summed E-state index contributed by atoms with van der Waals surface area (Å²) in [7, 11) is 0. The Morgan fingerprint density at radius 1 is 1.16 bits per heavy atom. The molecule has 0 saturated carbocycles. The molecular formula is C28H42FN5O4. The van der Waals surface area contributed by atoms with Crippen LogP contribution in [0.3, 0.4) is 0 Å². The largest absolute Gasteiger partial charge is 0.461 e. The number of unbranched alkanes of at least 4 members (excludes halogenated alkanes) is 12. The number of aliphatic hydroxyl groups excluding tert-OH is 1. The van der Waals surface area contributed by atoms with E-state index in [9.17, 15) is 14.3 Å². The lowest BCUT2D eigenvalue weighted by Gasteiger charge is -2.26. The third-order valence-corrected chi connectivity index (χ3v) is 7.22.